The summed E-state index contributed by atoms with van der Waals surface area (Å²) in [4.78, 5) is 15.1. The van der Waals surface area contributed by atoms with Gasteiger partial charge in [-0.3, -0.25) is 4.79 Å². The summed E-state index contributed by atoms with van der Waals surface area (Å²) >= 11 is 0. The maximum atomic E-state index is 12.0. The maximum Gasteiger partial charge on any atom is 0.250 e. The van der Waals surface area contributed by atoms with Crippen LogP contribution in [0.3, 0.4) is 0 Å². The van der Waals surface area contributed by atoms with E-state index in [1.807, 2.05) is 31.3 Å². The molecule has 3 aromatic rings. The standard InChI is InChI=1S/C19H20N2O4S/c1-11-2-3-17(25-11)13-8-14-16(12-4-6-26(23,24)7-5-12)10-21-18(14)15(9-13)19(20)22/h2-3,8-10,12,21H,4-7H2,1H3,(H2,20,22). The molecule has 136 valence electrons. The summed E-state index contributed by atoms with van der Waals surface area (Å²) < 4.78 is 29.2. The van der Waals surface area contributed by atoms with Gasteiger partial charge in [0.1, 0.15) is 21.4 Å². The van der Waals surface area contributed by atoms with E-state index in [1.54, 1.807) is 6.07 Å². The van der Waals surface area contributed by atoms with Crippen LogP contribution in [0.4, 0.5) is 0 Å². The first-order valence-corrected chi connectivity index (χ1v) is 10.4. The van der Waals surface area contributed by atoms with E-state index in [0.29, 0.717) is 29.7 Å². The summed E-state index contributed by atoms with van der Waals surface area (Å²) in [5, 5.41) is 0.898. The Balaban J connectivity index is 1.85. The third-order valence-electron chi connectivity index (χ3n) is 5.11. The molecule has 1 amide bonds. The zero-order chi connectivity index (χ0) is 18.5. The minimum absolute atomic E-state index is 0.140. The second-order valence-corrected chi connectivity index (χ2v) is 9.19. The molecule has 26 heavy (non-hydrogen) atoms. The second-order valence-electron chi connectivity index (χ2n) is 6.89. The van der Waals surface area contributed by atoms with Crippen LogP contribution in [-0.4, -0.2) is 30.8 Å². The van der Waals surface area contributed by atoms with E-state index in [1.165, 1.54) is 0 Å². The lowest BCUT2D eigenvalue weighted by molar-refractivity contribution is 0.100. The number of furan rings is 1. The molecule has 4 rings (SSSR count). The smallest absolute Gasteiger partial charge is 0.250 e. The van der Waals surface area contributed by atoms with Crippen molar-refractivity contribution in [2.24, 2.45) is 5.73 Å². The first-order chi connectivity index (χ1) is 12.3. The first-order valence-electron chi connectivity index (χ1n) is 8.56. The fourth-order valence-electron chi connectivity index (χ4n) is 3.72. The van der Waals surface area contributed by atoms with E-state index < -0.39 is 15.7 Å². The van der Waals surface area contributed by atoms with E-state index >= 15 is 0 Å². The zero-order valence-electron chi connectivity index (χ0n) is 14.4. The lowest BCUT2D eigenvalue weighted by Gasteiger charge is -2.21. The lowest BCUT2D eigenvalue weighted by atomic mass is 9.91. The van der Waals surface area contributed by atoms with Crippen LogP contribution in [0.2, 0.25) is 0 Å². The second kappa shape index (κ2) is 6.02. The van der Waals surface area contributed by atoms with Crippen molar-refractivity contribution < 1.29 is 17.6 Å². The number of hydrogen-bond acceptors (Lipinski definition) is 4. The number of amides is 1. The van der Waals surface area contributed by atoms with Gasteiger partial charge in [-0.25, -0.2) is 8.42 Å². The number of sulfone groups is 1. The van der Waals surface area contributed by atoms with Crippen molar-refractivity contribution in [2.75, 3.05) is 11.5 Å². The SMILES string of the molecule is Cc1ccc(-c2cc(C(N)=O)c3[nH]cc(C4CCS(=O)(=O)CC4)c3c2)o1. The van der Waals surface area contributed by atoms with Gasteiger partial charge in [0.15, 0.2) is 0 Å². The molecule has 0 radical (unpaired) electrons. The molecule has 7 heteroatoms. The van der Waals surface area contributed by atoms with Gasteiger partial charge in [0.2, 0.25) is 0 Å². The molecule has 0 saturated carbocycles. The average molecular weight is 372 g/mol. The molecule has 1 saturated heterocycles. The molecule has 2 aromatic heterocycles. The minimum Gasteiger partial charge on any atom is -0.461 e. The number of aromatic nitrogens is 1. The highest BCUT2D eigenvalue weighted by atomic mass is 32.2. The van der Waals surface area contributed by atoms with Gasteiger partial charge in [0, 0.05) is 17.1 Å². The minimum atomic E-state index is -2.93. The summed E-state index contributed by atoms with van der Waals surface area (Å²) in [7, 11) is -2.93. The molecule has 0 unspecified atom stereocenters. The highest BCUT2D eigenvalue weighted by molar-refractivity contribution is 7.91. The van der Waals surface area contributed by atoms with Crippen molar-refractivity contribution in [3.63, 3.8) is 0 Å². The molecule has 1 aromatic carbocycles. The predicted octanol–water partition coefficient (Wildman–Crippen LogP) is 3.13. The van der Waals surface area contributed by atoms with Gasteiger partial charge in [-0.1, -0.05) is 0 Å². The van der Waals surface area contributed by atoms with Gasteiger partial charge >= 0.3 is 0 Å². The fraction of sp³-hybridized carbons (Fsp3) is 0.316. The highest BCUT2D eigenvalue weighted by Gasteiger charge is 2.27. The van der Waals surface area contributed by atoms with E-state index in [2.05, 4.69) is 4.98 Å². The molecule has 3 N–H and O–H groups in total. The zero-order valence-corrected chi connectivity index (χ0v) is 15.2. The molecule has 0 bridgehead atoms. The Labute approximate surface area is 151 Å². The van der Waals surface area contributed by atoms with Crippen LogP contribution in [0.15, 0.2) is 34.9 Å². The number of primary amides is 1. The fourth-order valence-corrected chi connectivity index (χ4v) is 5.21. The molecule has 0 spiro atoms. The van der Waals surface area contributed by atoms with Crippen LogP contribution < -0.4 is 5.73 Å². The van der Waals surface area contributed by atoms with Crippen molar-refractivity contribution in [3.8, 4) is 11.3 Å². The summed E-state index contributed by atoms with van der Waals surface area (Å²) in [5.41, 5.74) is 8.49. The third kappa shape index (κ3) is 2.92. The van der Waals surface area contributed by atoms with Crippen molar-refractivity contribution >= 4 is 26.6 Å². The number of benzene rings is 1. The Bertz CT molecular complexity index is 1090. The Hall–Kier alpha value is -2.54. The van der Waals surface area contributed by atoms with Gasteiger partial charge in [-0.05, 0) is 55.5 Å². The molecule has 0 aliphatic carbocycles. The number of fused-ring (bicyclic) bond motifs is 1. The molecule has 1 aliphatic rings. The monoisotopic (exact) mass is 372 g/mol. The summed E-state index contributed by atoms with van der Waals surface area (Å²) in [6.07, 6.45) is 3.05. The average Bonchev–Trinajstić information content (AvgIpc) is 3.20. The van der Waals surface area contributed by atoms with E-state index in [9.17, 15) is 13.2 Å². The third-order valence-corrected chi connectivity index (χ3v) is 6.82. The number of carbonyl (C=O) groups is 1. The normalized spacial score (nSPS) is 17.6. The van der Waals surface area contributed by atoms with Crippen LogP contribution in [-0.2, 0) is 9.84 Å². The largest absolute Gasteiger partial charge is 0.461 e. The van der Waals surface area contributed by atoms with Gasteiger partial charge < -0.3 is 15.1 Å². The van der Waals surface area contributed by atoms with E-state index in [-0.39, 0.29) is 17.4 Å². The van der Waals surface area contributed by atoms with Gasteiger partial charge in [-0.2, -0.15) is 0 Å². The number of rotatable bonds is 3. The van der Waals surface area contributed by atoms with E-state index in [0.717, 1.165) is 22.3 Å². The number of hydrogen-bond donors (Lipinski definition) is 2. The van der Waals surface area contributed by atoms with Crippen LogP contribution in [0, 0.1) is 6.92 Å². The van der Waals surface area contributed by atoms with Gasteiger partial charge in [-0.15, -0.1) is 0 Å². The molecular formula is C19H20N2O4S. The number of nitrogens with two attached hydrogens (primary N) is 1. The number of H-pyrrole nitrogens is 1. The van der Waals surface area contributed by atoms with Crippen molar-refractivity contribution in [2.45, 2.75) is 25.7 Å². The molecule has 3 heterocycles. The topological polar surface area (TPSA) is 106 Å². The number of carbonyl (C=O) groups excluding carboxylic acids is 1. The Morgan fingerprint density at radius 2 is 1.96 bits per heavy atom. The first kappa shape index (κ1) is 16.9. The Morgan fingerprint density at radius 1 is 1.23 bits per heavy atom. The van der Waals surface area contributed by atoms with E-state index in [4.69, 9.17) is 10.2 Å². The number of aryl methyl sites for hydroxylation is 1. The Morgan fingerprint density at radius 3 is 2.58 bits per heavy atom. The van der Waals surface area contributed by atoms with Crippen LogP contribution in [0.25, 0.3) is 22.2 Å². The molecule has 1 fully saturated rings. The van der Waals surface area contributed by atoms with Gasteiger partial charge in [0.25, 0.3) is 5.91 Å². The van der Waals surface area contributed by atoms with Crippen LogP contribution in [0.5, 0.6) is 0 Å². The highest BCUT2D eigenvalue weighted by Crippen LogP contribution is 2.37. The van der Waals surface area contributed by atoms with Crippen molar-refractivity contribution in [1.29, 1.82) is 0 Å². The van der Waals surface area contributed by atoms with Crippen LogP contribution >= 0.6 is 0 Å². The molecule has 6 nitrogen and oxygen atoms in total. The Kier molecular flexibility index (Phi) is 3.91. The molecule has 1 aliphatic heterocycles. The predicted molar refractivity (Wildman–Crippen MR) is 99.9 cm³/mol. The maximum absolute atomic E-state index is 12.0. The van der Waals surface area contributed by atoms with Crippen molar-refractivity contribution in [3.05, 3.63) is 47.3 Å². The molecule has 0 atom stereocenters. The summed E-state index contributed by atoms with van der Waals surface area (Å²) in [5.74, 6) is 1.48. The lowest BCUT2D eigenvalue weighted by Crippen LogP contribution is -2.22. The summed E-state index contributed by atoms with van der Waals surface area (Å²) in [6, 6.07) is 7.44. The quantitative estimate of drug-likeness (QED) is 0.736. The summed E-state index contributed by atoms with van der Waals surface area (Å²) in [6.45, 7) is 1.86. The number of aromatic amines is 1. The van der Waals surface area contributed by atoms with Crippen molar-refractivity contribution in [1.82, 2.24) is 4.98 Å². The van der Waals surface area contributed by atoms with Gasteiger partial charge in [0.05, 0.1) is 22.6 Å². The number of nitrogens with one attached hydrogen (secondary N) is 1. The molecular weight excluding hydrogens is 352 g/mol. The van der Waals surface area contributed by atoms with Crippen LogP contribution in [0.1, 0.15) is 40.4 Å².